The van der Waals surface area contributed by atoms with Crippen LogP contribution in [0.25, 0.3) is 5.82 Å². The van der Waals surface area contributed by atoms with Gasteiger partial charge in [-0.25, -0.2) is 9.97 Å². The number of anilines is 1. The number of imidazole rings is 1. The van der Waals surface area contributed by atoms with Gasteiger partial charge in [-0.3, -0.25) is 4.57 Å². The number of rotatable bonds is 4. The first-order valence-corrected chi connectivity index (χ1v) is 7.40. The standard InChI is InChI=1S/C18H20N4/c1-13-6-7-16(14(2)11-13)12-21-17-5-4-8-20-18(17)22-10-9-19-15(22)3/h4-11,21H,12H2,1-3H3. The van der Waals surface area contributed by atoms with Crippen molar-refractivity contribution in [2.24, 2.45) is 0 Å². The third kappa shape index (κ3) is 2.86. The molecule has 0 aliphatic rings. The van der Waals surface area contributed by atoms with E-state index in [0.717, 1.165) is 23.9 Å². The first-order chi connectivity index (χ1) is 10.6. The SMILES string of the molecule is Cc1ccc(CNc2cccnc2-n2ccnc2C)c(C)c1. The van der Waals surface area contributed by atoms with E-state index in [1.807, 2.05) is 29.8 Å². The van der Waals surface area contributed by atoms with Crippen LogP contribution in [0, 0.1) is 20.8 Å². The molecule has 0 aliphatic heterocycles. The average Bonchev–Trinajstić information content (AvgIpc) is 2.93. The highest BCUT2D eigenvalue weighted by Crippen LogP contribution is 2.20. The number of hydrogen-bond donors (Lipinski definition) is 1. The topological polar surface area (TPSA) is 42.7 Å². The van der Waals surface area contributed by atoms with E-state index < -0.39 is 0 Å². The number of hydrogen-bond acceptors (Lipinski definition) is 3. The van der Waals surface area contributed by atoms with E-state index in [9.17, 15) is 0 Å². The predicted octanol–water partition coefficient (Wildman–Crippen LogP) is 3.80. The van der Waals surface area contributed by atoms with Gasteiger partial charge in [-0.2, -0.15) is 0 Å². The van der Waals surface area contributed by atoms with Crippen LogP contribution in [0.4, 0.5) is 5.69 Å². The molecule has 4 nitrogen and oxygen atoms in total. The zero-order chi connectivity index (χ0) is 15.5. The van der Waals surface area contributed by atoms with Gasteiger partial charge >= 0.3 is 0 Å². The van der Waals surface area contributed by atoms with E-state index in [-0.39, 0.29) is 0 Å². The van der Waals surface area contributed by atoms with Gasteiger partial charge in [0, 0.05) is 25.1 Å². The van der Waals surface area contributed by atoms with Gasteiger partial charge in [-0.05, 0) is 44.0 Å². The Morgan fingerprint density at radius 3 is 2.64 bits per heavy atom. The number of aryl methyl sites for hydroxylation is 3. The normalized spacial score (nSPS) is 10.7. The molecule has 1 aromatic carbocycles. The molecule has 0 amide bonds. The van der Waals surface area contributed by atoms with Crippen LogP contribution >= 0.6 is 0 Å². The molecule has 0 spiro atoms. The first kappa shape index (κ1) is 14.3. The molecule has 2 aromatic heterocycles. The Kier molecular flexibility index (Phi) is 3.92. The van der Waals surface area contributed by atoms with Gasteiger partial charge in [-0.15, -0.1) is 0 Å². The molecule has 2 heterocycles. The second-order valence-corrected chi connectivity index (χ2v) is 5.50. The summed E-state index contributed by atoms with van der Waals surface area (Å²) in [6.45, 7) is 7.01. The van der Waals surface area contributed by atoms with E-state index in [1.165, 1.54) is 16.7 Å². The molecular weight excluding hydrogens is 272 g/mol. The van der Waals surface area contributed by atoms with Crippen molar-refractivity contribution in [1.82, 2.24) is 14.5 Å². The lowest BCUT2D eigenvalue weighted by Gasteiger charge is -2.14. The van der Waals surface area contributed by atoms with Crippen molar-refractivity contribution in [3.8, 4) is 5.82 Å². The van der Waals surface area contributed by atoms with E-state index >= 15 is 0 Å². The van der Waals surface area contributed by atoms with Crippen LogP contribution in [-0.4, -0.2) is 14.5 Å². The summed E-state index contributed by atoms with van der Waals surface area (Å²) in [5, 5.41) is 3.49. The van der Waals surface area contributed by atoms with Crippen molar-refractivity contribution in [1.29, 1.82) is 0 Å². The van der Waals surface area contributed by atoms with Crippen molar-refractivity contribution < 1.29 is 0 Å². The summed E-state index contributed by atoms with van der Waals surface area (Å²) >= 11 is 0. The molecule has 0 fully saturated rings. The summed E-state index contributed by atoms with van der Waals surface area (Å²) in [5.74, 6) is 1.80. The Labute approximate surface area is 130 Å². The van der Waals surface area contributed by atoms with Gasteiger partial charge in [0.25, 0.3) is 0 Å². The van der Waals surface area contributed by atoms with Crippen molar-refractivity contribution in [3.63, 3.8) is 0 Å². The highest BCUT2D eigenvalue weighted by molar-refractivity contribution is 5.57. The number of nitrogens with one attached hydrogen (secondary N) is 1. The molecule has 22 heavy (non-hydrogen) atoms. The van der Waals surface area contributed by atoms with E-state index in [2.05, 4.69) is 47.3 Å². The quantitative estimate of drug-likeness (QED) is 0.795. The highest BCUT2D eigenvalue weighted by Gasteiger charge is 2.08. The monoisotopic (exact) mass is 292 g/mol. The summed E-state index contributed by atoms with van der Waals surface area (Å²) in [6.07, 6.45) is 5.52. The summed E-state index contributed by atoms with van der Waals surface area (Å²) in [6, 6.07) is 10.5. The maximum Gasteiger partial charge on any atom is 0.161 e. The molecule has 0 unspecified atom stereocenters. The van der Waals surface area contributed by atoms with Crippen LogP contribution in [0.1, 0.15) is 22.5 Å². The Balaban J connectivity index is 1.86. The average molecular weight is 292 g/mol. The molecule has 0 bridgehead atoms. The lowest BCUT2D eigenvalue weighted by atomic mass is 10.1. The largest absolute Gasteiger partial charge is 0.378 e. The van der Waals surface area contributed by atoms with E-state index in [4.69, 9.17) is 0 Å². The van der Waals surface area contributed by atoms with Gasteiger partial charge in [0.1, 0.15) is 5.82 Å². The van der Waals surface area contributed by atoms with Gasteiger partial charge in [0.15, 0.2) is 5.82 Å². The maximum atomic E-state index is 4.49. The van der Waals surface area contributed by atoms with E-state index in [0.29, 0.717) is 0 Å². The highest BCUT2D eigenvalue weighted by atomic mass is 15.1. The van der Waals surface area contributed by atoms with Crippen LogP contribution < -0.4 is 5.32 Å². The fourth-order valence-corrected chi connectivity index (χ4v) is 2.56. The van der Waals surface area contributed by atoms with Crippen molar-refractivity contribution in [3.05, 3.63) is 71.4 Å². The molecule has 4 heteroatoms. The van der Waals surface area contributed by atoms with Crippen molar-refractivity contribution >= 4 is 5.69 Å². The fourth-order valence-electron chi connectivity index (χ4n) is 2.56. The van der Waals surface area contributed by atoms with Gasteiger partial charge in [0.2, 0.25) is 0 Å². The molecule has 0 atom stereocenters. The third-order valence-electron chi connectivity index (χ3n) is 3.81. The number of pyridine rings is 1. The molecule has 3 aromatic rings. The zero-order valence-electron chi connectivity index (χ0n) is 13.2. The summed E-state index contributed by atoms with van der Waals surface area (Å²) in [7, 11) is 0. The minimum absolute atomic E-state index is 0.776. The zero-order valence-corrected chi connectivity index (χ0v) is 13.2. The predicted molar refractivity (Wildman–Crippen MR) is 89.3 cm³/mol. The minimum Gasteiger partial charge on any atom is -0.378 e. The molecule has 0 saturated carbocycles. The lowest BCUT2D eigenvalue weighted by Crippen LogP contribution is -2.07. The van der Waals surface area contributed by atoms with Gasteiger partial charge in [-0.1, -0.05) is 23.8 Å². The van der Waals surface area contributed by atoms with Crippen LogP contribution in [0.5, 0.6) is 0 Å². The second kappa shape index (κ2) is 6.02. The molecule has 0 aliphatic carbocycles. The Morgan fingerprint density at radius 2 is 1.91 bits per heavy atom. The summed E-state index contributed by atoms with van der Waals surface area (Å²) in [4.78, 5) is 8.76. The van der Waals surface area contributed by atoms with Crippen LogP contribution in [-0.2, 0) is 6.54 Å². The molecule has 3 rings (SSSR count). The third-order valence-corrected chi connectivity index (χ3v) is 3.81. The van der Waals surface area contributed by atoms with Crippen LogP contribution in [0.3, 0.4) is 0 Å². The first-order valence-electron chi connectivity index (χ1n) is 7.40. The Morgan fingerprint density at radius 1 is 1.05 bits per heavy atom. The van der Waals surface area contributed by atoms with Gasteiger partial charge < -0.3 is 5.32 Å². The smallest absolute Gasteiger partial charge is 0.161 e. The fraction of sp³-hybridized carbons (Fsp3) is 0.222. The number of benzene rings is 1. The Bertz CT molecular complexity index is 789. The Hall–Kier alpha value is -2.62. The number of nitrogens with zero attached hydrogens (tertiary/aromatic N) is 3. The van der Waals surface area contributed by atoms with E-state index in [1.54, 1.807) is 12.4 Å². The van der Waals surface area contributed by atoms with Crippen molar-refractivity contribution in [2.45, 2.75) is 27.3 Å². The lowest BCUT2D eigenvalue weighted by molar-refractivity contribution is 0.928. The molecular formula is C18H20N4. The summed E-state index contributed by atoms with van der Waals surface area (Å²) in [5.41, 5.74) is 4.89. The molecule has 1 N–H and O–H groups in total. The maximum absolute atomic E-state index is 4.49. The summed E-state index contributed by atoms with van der Waals surface area (Å²) < 4.78 is 1.99. The molecule has 0 radical (unpaired) electrons. The molecule has 112 valence electrons. The number of aromatic nitrogens is 3. The van der Waals surface area contributed by atoms with Crippen molar-refractivity contribution in [2.75, 3.05) is 5.32 Å². The van der Waals surface area contributed by atoms with Gasteiger partial charge in [0.05, 0.1) is 5.69 Å². The van der Waals surface area contributed by atoms with Crippen LogP contribution in [0.2, 0.25) is 0 Å². The minimum atomic E-state index is 0.776. The second-order valence-electron chi connectivity index (χ2n) is 5.50. The molecule has 0 saturated heterocycles. The van der Waals surface area contributed by atoms with Crippen LogP contribution in [0.15, 0.2) is 48.9 Å².